The number of nitrogens with zero attached hydrogens (tertiary/aromatic N) is 2. The Morgan fingerprint density at radius 3 is 2.70 bits per heavy atom. The first-order valence-electron chi connectivity index (χ1n) is 9.34. The van der Waals surface area contributed by atoms with E-state index in [0.717, 1.165) is 17.3 Å². The summed E-state index contributed by atoms with van der Waals surface area (Å²) in [5.41, 5.74) is 0.371. The van der Waals surface area contributed by atoms with Crippen LogP contribution in [0.1, 0.15) is 15.9 Å². The summed E-state index contributed by atoms with van der Waals surface area (Å²) in [6.45, 7) is 0.631. The molecule has 9 heteroatoms. The van der Waals surface area contributed by atoms with Crippen molar-refractivity contribution in [2.45, 2.75) is 12.0 Å². The standard InChI is InChI=1S/C21H20N2O6S/c1-27-15-7-8-17-16(11-15)18(24)22(13-29-17)9-10-28-20-19(25)23(21(26)30-20)12-14-5-3-2-4-6-14/h2-8,11,20H,9-10,12-13H2,1H3. The molecule has 2 aliphatic heterocycles. The van der Waals surface area contributed by atoms with Crippen LogP contribution in [0.25, 0.3) is 0 Å². The van der Waals surface area contributed by atoms with Crippen LogP contribution >= 0.6 is 11.8 Å². The Hall–Kier alpha value is -3.04. The number of hydrogen-bond acceptors (Lipinski definition) is 7. The molecule has 2 aromatic rings. The molecular weight excluding hydrogens is 408 g/mol. The van der Waals surface area contributed by atoms with Crippen molar-refractivity contribution in [3.05, 3.63) is 59.7 Å². The van der Waals surface area contributed by atoms with Crippen LogP contribution in [0.5, 0.6) is 11.5 Å². The van der Waals surface area contributed by atoms with E-state index in [1.165, 1.54) is 16.9 Å². The third kappa shape index (κ3) is 4.12. The number of hydrogen-bond donors (Lipinski definition) is 0. The number of carbonyl (C=O) groups excluding carboxylic acids is 3. The van der Waals surface area contributed by atoms with Crippen molar-refractivity contribution < 1.29 is 28.6 Å². The summed E-state index contributed by atoms with van der Waals surface area (Å²) in [7, 11) is 1.53. The van der Waals surface area contributed by atoms with Crippen LogP contribution in [0, 0.1) is 0 Å². The van der Waals surface area contributed by atoms with Crippen LogP contribution < -0.4 is 9.47 Å². The lowest BCUT2D eigenvalue weighted by molar-refractivity contribution is -0.134. The Morgan fingerprint density at radius 1 is 1.13 bits per heavy atom. The normalized spacial score (nSPS) is 18.4. The Morgan fingerprint density at radius 2 is 1.93 bits per heavy atom. The average molecular weight is 428 g/mol. The van der Waals surface area contributed by atoms with Gasteiger partial charge in [0.15, 0.2) is 12.2 Å². The van der Waals surface area contributed by atoms with E-state index < -0.39 is 5.44 Å². The maximum Gasteiger partial charge on any atom is 0.291 e. The zero-order chi connectivity index (χ0) is 21.1. The van der Waals surface area contributed by atoms with Crippen LogP contribution in [-0.4, -0.2) is 59.3 Å². The summed E-state index contributed by atoms with van der Waals surface area (Å²) in [5.74, 6) is 0.478. The minimum Gasteiger partial charge on any atom is -0.497 e. The van der Waals surface area contributed by atoms with Crippen molar-refractivity contribution in [1.29, 1.82) is 0 Å². The molecule has 8 nitrogen and oxygen atoms in total. The molecule has 0 saturated carbocycles. The topological polar surface area (TPSA) is 85.4 Å². The van der Waals surface area contributed by atoms with Crippen molar-refractivity contribution >= 4 is 28.8 Å². The van der Waals surface area contributed by atoms with E-state index in [0.29, 0.717) is 17.1 Å². The summed E-state index contributed by atoms with van der Waals surface area (Å²) in [6, 6.07) is 14.3. The lowest BCUT2D eigenvalue weighted by Gasteiger charge is -2.29. The van der Waals surface area contributed by atoms with Gasteiger partial charge in [-0.1, -0.05) is 30.3 Å². The summed E-state index contributed by atoms with van der Waals surface area (Å²) < 4.78 is 16.4. The molecule has 3 amide bonds. The highest BCUT2D eigenvalue weighted by Crippen LogP contribution is 2.30. The minimum atomic E-state index is -0.908. The average Bonchev–Trinajstić information content (AvgIpc) is 3.03. The van der Waals surface area contributed by atoms with E-state index >= 15 is 0 Å². The molecule has 1 fully saturated rings. The third-order valence-corrected chi connectivity index (χ3v) is 5.76. The van der Waals surface area contributed by atoms with Crippen LogP contribution in [0.3, 0.4) is 0 Å². The van der Waals surface area contributed by atoms with Gasteiger partial charge in [-0.2, -0.15) is 0 Å². The molecule has 0 bridgehead atoms. The fourth-order valence-electron chi connectivity index (χ4n) is 3.18. The number of rotatable bonds is 7. The van der Waals surface area contributed by atoms with Gasteiger partial charge in [0.05, 0.1) is 25.8 Å². The zero-order valence-corrected chi connectivity index (χ0v) is 17.1. The van der Waals surface area contributed by atoms with Gasteiger partial charge in [0.2, 0.25) is 0 Å². The van der Waals surface area contributed by atoms with E-state index in [2.05, 4.69) is 0 Å². The monoisotopic (exact) mass is 428 g/mol. The number of amides is 3. The molecule has 4 rings (SSSR count). The van der Waals surface area contributed by atoms with Gasteiger partial charge in [-0.3, -0.25) is 19.3 Å². The van der Waals surface area contributed by atoms with E-state index in [4.69, 9.17) is 14.2 Å². The molecule has 0 radical (unpaired) electrons. The summed E-state index contributed by atoms with van der Waals surface area (Å²) in [6.07, 6.45) is 0. The van der Waals surface area contributed by atoms with Gasteiger partial charge in [0.25, 0.3) is 17.1 Å². The molecule has 0 N–H and O–H groups in total. The second kappa shape index (κ2) is 8.76. The van der Waals surface area contributed by atoms with Crippen LogP contribution in [0.2, 0.25) is 0 Å². The molecule has 1 saturated heterocycles. The molecule has 2 aliphatic rings. The van der Waals surface area contributed by atoms with Crippen molar-refractivity contribution in [1.82, 2.24) is 9.80 Å². The fourth-order valence-corrected chi connectivity index (χ4v) is 4.04. The Balaban J connectivity index is 1.32. The number of fused-ring (bicyclic) bond motifs is 1. The summed E-state index contributed by atoms with van der Waals surface area (Å²) in [5, 5.41) is -0.341. The first-order valence-corrected chi connectivity index (χ1v) is 10.2. The highest BCUT2D eigenvalue weighted by Gasteiger charge is 2.40. The van der Waals surface area contributed by atoms with E-state index in [1.807, 2.05) is 30.3 Å². The number of imide groups is 1. The fraction of sp³-hybridized carbons (Fsp3) is 0.286. The quantitative estimate of drug-likeness (QED) is 0.670. The molecule has 0 aromatic heterocycles. The number of carbonyl (C=O) groups is 3. The highest BCUT2D eigenvalue weighted by molar-refractivity contribution is 8.15. The van der Waals surface area contributed by atoms with Gasteiger partial charge in [-0.15, -0.1) is 0 Å². The number of thioether (sulfide) groups is 1. The molecule has 156 valence electrons. The van der Waals surface area contributed by atoms with E-state index in [-0.39, 0.29) is 43.5 Å². The first-order chi connectivity index (χ1) is 14.6. The third-order valence-electron chi connectivity index (χ3n) is 4.79. The molecular formula is C21H20N2O6S. The van der Waals surface area contributed by atoms with Gasteiger partial charge < -0.3 is 19.1 Å². The molecule has 30 heavy (non-hydrogen) atoms. The lowest BCUT2D eigenvalue weighted by atomic mass is 10.1. The Labute approximate surface area is 177 Å². The highest BCUT2D eigenvalue weighted by atomic mass is 32.2. The van der Waals surface area contributed by atoms with Crippen molar-refractivity contribution in [2.24, 2.45) is 0 Å². The van der Waals surface area contributed by atoms with E-state index in [9.17, 15) is 14.4 Å². The van der Waals surface area contributed by atoms with Gasteiger partial charge in [-0.05, 0) is 35.5 Å². The second-order valence-corrected chi connectivity index (χ2v) is 7.71. The SMILES string of the molecule is COc1ccc2c(c1)C(=O)N(CCOC1SC(=O)N(Cc3ccccc3)C1=O)CO2. The lowest BCUT2D eigenvalue weighted by Crippen LogP contribution is -2.41. The van der Waals surface area contributed by atoms with Crippen LogP contribution in [0.4, 0.5) is 4.79 Å². The molecule has 1 unspecified atom stereocenters. The van der Waals surface area contributed by atoms with Gasteiger partial charge >= 0.3 is 0 Å². The van der Waals surface area contributed by atoms with E-state index in [1.54, 1.807) is 18.2 Å². The summed E-state index contributed by atoms with van der Waals surface area (Å²) in [4.78, 5) is 40.1. The predicted molar refractivity (Wildman–Crippen MR) is 109 cm³/mol. The molecule has 0 aliphatic carbocycles. The largest absolute Gasteiger partial charge is 0.497 e. The molecule has 2 aromatic carbocycles. The molecule has 0 spiro atoms. The number of methoxy groups -OCH3 is 1. The number of benzene rings is 2. The van der Waals surface area contributed by atoms with Gasteiger partial charge in [0, 0.05) is 6.54 Å². The maximum absolute atomic E-state index is 12.7. The molecule has 2 heterocycles. The van der Waals surface area contributed by atoms with Gasteiger partial charge in [-0.25, -0.2) is 0 Å². The number of ether oxygens (including phenoxy) is 3. The second-order valence-electron chi connectivity index (χ2n) is 6.70. The van der Waals surface area contributed by atoms with Crippen LogP contribution in [0.15, 0.2) is 48.5 Å². The zero-order valence-electron chi connectivity index (χ0n) is 16.3. The summed E-state index contributed by atoms with van der Waals surface area (Å²) >= 11 is 0.846. The maximum atomic E-state index is 12.7. The Bertz CT molecular complexity index is 967. The first kappa shape index (κ1) is 20.2. The smallest absolute Gasteiger partial charge is 0.291 e. The minimum absolute atomic E-state index is 0.0896. The van der Waals surface area contributed by atoms with Crippen molar-refractivity contribution in [3.63, 3.8) is 0 Å². The van der Waals surface area contributed by atoms with Crippen molar-refractivity contribution in [3.8, 4) is 11.5 Å². The van der Waals surface area contributed by atoms with Crippen LogP contribution in [-0.2, 0) is 16.1 Å². The van der Waals surface area contributed by atoms with Gasteiger partial charge in [0.1, 0.15) is 11.5 Å². The Kier molecular flexibility index (Phi) is 5.91. The predicted octanol–water partition coefficient (Wildman–Crippen LogP) is 2.73. The van der Waals surface area contributed by atoms with Crippen molar-refractivity contribution in [2.75, 3.05) is 27.0 Å². The molecule has 1 atom stereocenters.